The molecule has 6 nitrogen and oxygen atoms in total. The number of hydrogen-bond acceptors (Lipinski definition) is 5. The molecular formula is C27H28FN5O. The van der Waals surface area contributed by atoms with E-state index in [4.69, 9.17) is 11.1 Å². The normalized spacial score (nSPS) is 19.1. The molecule has 5 rings (SSSR count). The van der Waals surface area contributed by atoms with E-state index in [9.17, 15) is 9.18 Å². The number of carbonyl (C=O) groups is 1. The second-order valence-corrected chi connectivity index (χ2v) is 9.07. The first-order valence-corrected chi connectivity index (χ1v) is 11.8. The van der Waals surface area contributed by atoms with E-state index in [-0.39, 0.29) is 23.5 Å². The number of nitrogens with one attached hydrogen (secondary N) is 2. The van der Waals surface area contributed by atoms with Gasteiger partial charge in [-0.3, -0.25) is 15.2 Å². The van der Waals surface area contributed by atoms with Crippen molar-refractivity contribution in [2.75, 3.05) is 10.6 Å². The van der Waals surface area contributed by atoms with Gasteiger partial charge in [-0.15, -0.1) is 0 Å². The SMILES string of the molecule is N=C(c1ccc(N2C3CCCC2CC3)cc1)c1cc(C(=O)NCc2ccccn2)c(F)cc1N. The van der Waals surface area contributed by atoms with E-state index in [0.717, 1.165) is 6.07 Å². The molecule has 2 aliphatic rings. The van der Waals surface area contributed by atoms with Crippen LogP contribution in [-0.2, 0) is 6.54 Å². The molecule has 0 saturated carbocycles. The fourth-order valence-corrected chi connectivity index (χ4v) is 5.24. The quantitative estimate of drug-likeness (QED) is 0.370. The zero-order valence-electron chi connectivity index (χ0n) is 18.9. The van der Waals surface area contributed by atoms with E-state index in [2.05, 4.69) is 27.3 Å². The molecule has 3 aromatic rings. The molecule has 2 unspecified atom stereocenters. The van der Waals surface area contributed by atoms with Crippen LogP contribution in [0, 0.1) is 11.2 Å². The minimum atomic E-state index is -0.719. The summed E-state index contributed by atoms with van der Waals surface area (Å²) in [6, 6.07) is 17.0. The number of carbonyl (C=O) groups excluding carboxylic acids is 1. The van der Waals surface area contributed by atoms with Crippen molar-refractivity contribution < 1.29 is 9.18 Å². The first-order valence-electron chi connectivity index (χ1n) is 11.8. The number of halogens is 1. The predicted molar refractivity (Wildman–Crippen MR) is 132 cm³/mol. The smallest absolute Gasteiger partial charge is 0.254 e. The van der Waals surface area contributed by atoms with Crippen molar-refractivity contribution in [3.63, 3.8) is 0 Å². The number of pyridine rings is 1. The van der Waals surface area contributed by atoms with Crippen LogP contribution in [0.15, 0.2) is 60.8 Å². The number of anilines is 2. The van der Waals surface area contributed by atoms with Crippen LogP contribution in [-0.4, -0.2) is 28.7 Å². The van der Waals surface area contributed by atoms with E-state index in [0.29, 0.717) is 28.9 Å². The van der Waals surface area contributed by atoms with Crippen LogP contribution in [0.25, 0.3) is 0 Å². The van der Waals surface area contributed by atoms with Crippen LogP contribution in [0.3, 0.4) is 0 Å². The van der Waals surface area contributed by atoms with Crippen LogP contribution in [0.2, 0.25) is 0 Å². The molecule has 2 atom stereocenters. The van der Waals surface area contributed by atoms with Crippen molar-refractivity contribution in [3.05, 3.63) is 89.0 Å². The van der Waals surface area contributed by atoms with Gasteiger partial charge in [0.05, 0.1) is 23.5 Å². The van der Waals surface area contributed by atoms with Crippen molar-refractivity contribution >= 4 is 23.0 Å². The lowest BCUT2D eigenvalue weighted by molar-refractivity contribution is 0.0946. The Morgan fingerprint density at radius 2 is 1.79 bits per heavy atom. The largest absolute Gasteiger partial charge is 0.398 e. The Morgan fingerprint density at radius 3 is 2.47 bits per heavy atom. The molecule has 2 fully saturated rings. The maximum atomic E-state index is 14.6. The van der Waals surface area contributed by atoms with Crippen LogP contribution >= 0.6 is 0 Å². The second kappa shape index (κ2) is 9.25. The van der Waals surface area contributed by atoms with Crippen molar-refractivity contribution in [3.8, 4) is 0 Å². The van der Waals surface area contributed by atoms with Gasteiger partial charge in [0.15, 0.2) is 0 Å². The van der Waals surface area contributed by atoms with Gasteiger partial charge in [0.25, 0.3) is 5.91 Å². The summed E-state index contributed by atoms with van der Waals surface area (Å²) in [5.74, 6) is -1.29. The van der Waals surface area contributed by atoms with Gasteiger partial charge in [-0.25, -0.2) is 4.39 Å². The molecule has 3 heterocycles. The lowest BCUT2D eigenvalue weighted by atomic mass is 9.97. The molecule has 0 aliphatic carbocycles. The fraction of sp³-hybridized carbons (Fsp3) is 0.296. The van der Waals surface area contributed by atoms with Gasteiger partial charge in [-0.1, -0.05) is 18.2 Å². The first-order chi connectivity index (χ1) is 16.5. The highest BCUT2D eigenvalue weighted by Gasteiger charge is 2.36. The predicted octanol–water partition coefficient (Wildman–Crippen LogP) is 4.67. The molecule has 1 aromatic heterocycles. The molecule has 7 heteroatoms. The highest BCUT2D eigenvalue weighted by molar-refractivity contribution is 6.15. The first kappa shape index (κ1) is 22.1. The third kappa shape index (κ3) is 4.25. The Labute approximate surface area is 198 Å². The van der Waals surface area contributed by atoms with Crippen molar-refractivity contribution in [1.29, 1.82) is 5.41 Å². The molecule has 2 bridgehead atoms. The van der Waals surface area contributed by atoms with Crippen LogP contribution in [0.5, 0.6) is 0 Å². The van der Waals surface area contributed by atoms with E-state index in [1.54, 1.807) is 18.3 Å². The Morgan fingerprint density at radius 1 is 1.06 bits per heavy atom. The summed E-state index contributed by atoms with van der Waals surface area (Å²) < 4.78 is 14.6. The fourth-order valence-electron chi connectivity index (χ4n) is 5.24. The Bertz CT molecular complexity index is 1200. The third-order valence-electron chi connectivity index (χ3n) is 6.96. The molecular weight excluding hydrogens is 429 g/mol. The summed E-state index contributed by atoms with van der Waals surface area (Å²) in [6.45, 7) is 0.177. The summed E-state index contributed by atoms with van der Waals surface area (Å²) in [7, 11) is 0. The van der Waals surface area contributed by atoms with Gasteiger partial charge in [0, 0.05) is 40.8 Å². The number of fused-ring (bicyclic) bond motifs is 2. The van der Waals surface area contributed by atoms with Gasteiger partial charge < -0.3 is 16.0 Å². The Balaban J connectivity index is 1.35. The van der Waals surface area contributed by atoms with Crippen molar-refractivity contribution in [2.45, 2.75) is 50.7 Å². The lowest BCUT2D eigenvalue weighted by Gasteiger charge is -2.36. The number of benzene rings is 2. The van der Waals surface area contributed by atoms with Gasteiger partial charge in [-0.05, 0) is 68.5 Å². The monoisotopic (exact) mass is 457 g/mol. The standard InChI is InChI=1S/C27H28FN5O/c28-24-15-25(29)23(14-22(24)27(34)32-16-18-4-1-2-13-31-18)26(30)17-7-9-21(10-8-17)33-19-5-3-6-20(33)12-11-19/h1-2,4,7-10,13-15,19-20,30H,3,5-6,11-12,16,29H2,(H,32,34). The molecule has 174 valence electrons. The zero-order valence-corrected chi connectivity index (χ0v) is 18.9. The number of amides is 1. The van der Waals surface area contributed by atoms with E-state index in [1.165, 1.54) is 43.9 Å². The van der Waals surface area contributed by atoms with Crippen molar-refractivity contribution in [2.24, 2.45) is 0 Å². The van der Waals surface area contributed by atoms with Gasteiger partial charge in [0.2, 0.25) is 0 Å². The summed E-state index contributed by atoms with van der Waals surface area (Å²) in [5.41, 5.74) is 9.05. The minimum absolute atomic E-state index is 0.127. The van der Waals surface area contributed by atoms with Gasteiger partial charge in [0.1, 0.15) is 5.82 Å². The molecule has 0 spiro atoms. The number of hydrogen-bond donors (Lipinski definition) is 3. The van der Waals surface area contributed by atoms with Crippen LogP contribution in [0.4, 0.5) is 15.8 Å². The van der Waals surface area contributed by atoms with E-state index in [1.807, 2.05) is 18.2 Å². The van der Waals surface area contributed by atoms with Crippen LogP contribution < -0.4 is 16.0 Å². The number of piperidine rings is 1. The average molecular weight is 458 g/mol. The minimum Gasteiger partial charge on any atom is -0.398 e. The molecule has 2 saturated heterocycles. The van der Waals surface area contributed by atoms with Gasteiger partial charge >= 0.3 is 0 Å². The zero-order chi connectivity index (χ0) is 23.7. The second-order valence-electron chi connectivity index (χ2n) is 9.07. The molecule has 2 aliphatic heterocycles. The topological polar surface area (TPSA) is 95.1 Å². The molecule has 4 N–H and O–H groups in total. The summed E-state index contributed by atoms with van der Waals surface area (Å²) in [5, 5.41) is 11.4. The summed E-state index contributed by atoms with van der Waals surface area (Å²) in [4.78, 5) is 19.3. The van der Waals surface area contributed by atoms with Crippen LogP contribution in [0.1, 0.15) is 59.3 Å². The summed E-state index contributed by atoms with van der Waals surface area (Å²) in [6.07, 6.45) is 7.91. The highest BCUT2D eigenvalue weighted by Crippen LogP contribution is 2.39. The third-order valence-corrected chi connectivity index (χ3v) is 6.96. The summed E-state index contributed by atoms with van der Waals surface area (Å²) >= 11 is 0. The average Bonchev–Trinajstić information content (AvgIpc) is 3.10. The lowest BCUT2D eigenvalue weighted by Crippen LogP contribution is -2.39. The molecule has 34 heavy (non-hydrogen) atoms. The number of rotatable bonds is 6. The Kier molecular flexibility index (Phi) is 6.01. The number of nitrogens with two attached hydrogens (primary N) is 1. The number of aromatic nitrogens is 1. The maximum absolute atomic E-state index is 14.6. The highest BCUT2D eigenvalue weighted by atomic mass is 19.1. The van der Waals surface area contributed by atoms with Crippen molar-refractivity contribution in [1.82, 2.24) is 10.3 Å². The molecule has 2 aromatic carbocycles. The van der Waals surface area contributed by atoms with Gasteiger partial charge in [-0.2, -0.15) is 0 Å². The van der Waals surface area contributed by atoms with E-state index >= 15 is 0 Å². The Hall–Kier alpha value is -3.74. The number of nitrogens with zero attached hydrogens (tertiary/aromatic N) is 2. The molecule has 1 amide bonds. The maximum Gasteiger partial charge on any atom is 0.254 e. The molecule has 0 radical (unpaired) electrons. The number of nitrogen functional groups attached to an aromatic ring is 1. The van der Waals surface area contributed by atoms with E-state index < -0.39 is 11.7 Å².